The number of nitrogens with one attached hydrogen (secondary N) is 1. The molecule has 1 aliphatic rings. The number of imidazole rings is 1. The Morgan fingerprint density at radius 1 is 1.00 bits per heavy atom. The number of unbranched alkanes of at least 4 members (excludes halogenated alkanes) is 1. The minimum atomic E-state index is -3.72. The van der Waals surface area contributed by atoms with Crippen LogP contribution in [0.3, 0.4) is 0 Å². The third-order valence-electron chi connectivity index (χ3n) is 7.89. The number of carbonyl (C=O) groups is 2. The Balaban J connectivity index is 1.41. The molecule has 15 heteroatoms. The van der Waals surface area contributed by atoms with E-state index in [1.54, 1.807) is 45.0 Å². The quantitative estimate of drug-likeness (QED) is 0.238. The molecule has 1 aromatic heterocycles. The maximum absolute atomic E-state index is 13.2. The molecule has 0 unspecified atom stereocenters. The van der Waals surface area contributed by atoms with Crippen LogP contribution in [0.15, 0.2) is 46.2 Å². The van der Waals surface area contributed by atoms with Gasteiger partial charge in [0.05, 0.1) is 40.5 Å². The highest BCUT2D eigenvalue weighted by molar-refractivity contribution is 7.89. The van der Waals surface area contributed by atoms with E-state index in [9.17, 15) is 26.4 Å². The highest BCUT2D eigenvalue weighted by Gasteiger charge is 2.27. The fourth-order valence-electron chi connectivity index (χ4n) is 5.24. The first-order valence-corrected chi connectivity index (χ1v) is 18.4. The number of amides is 1. The third-order valence-corrected chi connectivity index (χ3v) is 11.8. The van der Waals surface area contributed by atoms with Gasteiger partial charge in [0.2, 0.25) is 20.0 Å². The number of ether oxygens (including phenoxy) is 2. The fourth-order valence-corrected chi connectivity index (χ4v) is 8.15. The molecule has 1 amide bonds. The molecule has 4 rings (SSSR count). The van der Waals surface area contributed by atoms with E-state index in [0.29, 0.717) is 68.5 Å². The van der Waals surface area contributed by atoms with Gasteiger partial charge in [0.15, 0.2) is 6.61 Å². The number of nitrogens with zero attached hydrogens (tertiary/aromatic N) is 4. The van der Waals surface area contributed by atoms with Crippen LogP contribution >= 0.6 is 0 Å². The van der Waals surface area contributed by atoms with E-state index in [4.69, 9.17) is 9.47 Å². The first-order chi connectivity index (χ1) is 21.9. The van der Waals surface area contributed by atoms with Gasteiger partial charge in [-0.1, -0.05) is 33.3 Å². The van der Waals surface area contributed by atoms with Gasteiger partial charge in [-0.2, -0.15) is 8.61 Å². The molecule has 13 nitrogen and oxygen atoms in total. The molecule has 0 bridgehead atoms. The van der Waals surface area contributed by atoms with Crippen molar-refractivity contribution in [3.8, 4) is 0 Å². The Kier molecular flexibility index (Phi) is 11.9. The summed E-state index contributed by atoms with van der Waals surface area (Å²) in [6.45, 7) is 9.34. The van der Waals surface area contributed by atoms with Crippen molar-refractivity contribution in [1.29, 1.82) is 0 Å². The van der Waals surface area contributed by atoms with Crippen molar-refractivity contribution < 1.29 is 35.9 Å². The van der Waals surface area contributed by atoms with Crippen LogP contribution in [0.4, 0.5) is 5.69 Å². The second-order valence-corrected chi connectivity index (χ2v) is 14.9. The van der Waals surface area contributed by atoms with Gasteiger partial charge in [0.25, 0.3) is 5.91 Å². The highest BCUT2D eigenvalue weighted by Crippen LogP contribution is 2.25. The number of esters is 1. The highest BCUT2D eigenvalue weighted by atomic mass is 32.2. The average molecular weight is 678 g/mol. The number of hydrogen-bond donors (Lipinski definition) is 1. The summed E-state index contributed by atoms with van der Waals surface area (Å²) in [5.74, 6) is -0.583. The summed E-state index contributed by atoms with van der Waals surface area (Å²) in [6, 6.07) is 9.42. The number of fused-ring (bicyclic) bond motifs is 1. The van der Waals surface area contributed by atoms with Crippen molar-refractivity contribution in [3.05, 3.63) is 47.8 Å². The normalized spacial score (nSPS) is 14.5. The molecule has 0 aliphatic carbocycles. The molecule has 1 N–H and O–H groups in total. The SMILES string of the molecule is CCCCn1c(CCC(=O)OCC(=O)Nc2cc(S(=O)(=O)N(CC)CC)ccc2C)nc2cc(S(=O)(=O)N3CCOCC3)ccc21. The number of hydrogen-bond acceptors (Lipinski definition) is 9. The molecular formula is C31H43N5O8S2. The van der Waals surface area contributed by atoms with Crippen molar-refractivity contribution >= 4 is 48.6 Å². The molecule has 1 saturated heterocycles. The van der Waals surface area contributed by atoms with E-state index >= 15 is 0 Å². The third kappa shape index (κ3) is 8.12. The largest absolute Gasteiger partial charge is 0.456 e. The summed E-state index contributed by atoms with van der Waals surface area (Å²) < 4.78 is 67.5. The van der Waals surface area contributed by atoms with Gasteiger partial charge >= 0.3 is 5.97 Å². The predicted octanol–water partition coefficient (Wildman–Crippen LogP) is 3.31. The van der Waals surface area contributed by atoms with Crippen LogP contribution in [0, 0.1) is 6.92 Å². The predicted molar refractivity (Wildman–Crippen MR) is 173 cm³/mol. The topological polar surface area (TPSA) is 157 Å². The maximum atomic E-state index is 13.2. The molecule has 46 heavy (non-hydrogen) atoms. The number of morpholine rings is 1. The number of sulfonamides is 2. The fraction of sp³-hybridized carbons (Fsp3) is 0.516. The standard InChI is InChI=1S/C31H43N5O8S2/c1-5-8-15-36-28-12-11-25(46(41,42)35-16-18-43-19-17-35)21-27(28)32-29(36)13-14-31(38)44-22-30(37)33-26-20-24(10-9-23(26)4)45(39,40)34(6-2)7-3/h9-12,20-21H,5-8,13-19,22H2,1-4H3,(H,33,37). The summed E-state index contributed by atoms with van der Waals surface area (Å²) in [4.78, 5) is 30.2. The molecule has 3 aromatic rings. The Bertz CT molecular complexity index is 1760. The lowest BCUT2D eigenvalue weighted by atomic mass is 10.2. The summed E-state index contributed by atoms with van der Waals surface area (Å²) in [6.07, 6.45) is 1.99. The first kappa shape index (κ1) is 35.5. The summed E-state index contributed by atoms with van der Waals surface area (Å²) in [5, 5.41) is 2.64. The summed E-state index contributed by atoms with van der Waals surface area (Å²) in [5.41, 5.74) is 2.27. The van der Waals surface area contributed by atoms with Crippen LogP contribution < -0.4 is 5.32 Å². The molecule has 0 radical (unpaired) electrons. The van der Waals surface area contributed by atoms with E-state index in [-0.39, 0.29) is 22.6 Å². The number of rotatable bonds is 15. The lowest BCUT2D eigenvalue weighted by Gasteiger charge is -2.26. The molecule has 2 heterocycles. The Hall–Kier alpha value is -3.37. The van der Waals surface area contributed by atoms with Crippen LogP contribution in [0.2, 0.25) is 0 Å². The van der Waals surface area contributed by atoms with E-state index in [1.807, 2.05) is 4.57 Å². The van der Waals surface area contributed by atoms with Gasteiger partial charge in [0, 0.05) is 44.8 Å². The lowest BCUT2D eigenvalue weighted by Crippen LogP contribution is -2.40. The zero-order chi connectivity index (χ0) is 33.5. The molecule has 1 fully saturated rings. The van der Waals surface area contributed by atoms with E-state index in [2.05, 4.69) is 17.2 Å². The smallest absolute Gasteiger partial charge is 0.306 e. The van der Waals surface area contributed by atoms with Gasteiger partial charge in [-0.05, 0) is 49.2 Å². The van der Waals surface area contributed by atoms with Crippen LogP contribution in [0.5, 0.6) is 0 Å². The molecule has 0 saturated carbocycles. The van der Waals surface area contributed by atoms with Crippen LogP contribution in [0.1, 0.15) is 51.4 Å². The molecular weight excluding hydrogens is 635 g/mol. The lowest BCUT2D eigenvalue weighted by molar-refractivity contribution is -0.147. The molecule has 1 aliphatic heterocycles. The molecule has 252 valence electrons. The minimum Gasteiger partial charge on any atom is -0.456 e. The second kappa shape index (κ2) is 15.5. The van der Waals surface area contributed by atoms with Gasteiger partial charge < -0.3 is 19.4 Å². The zero-order valence-electron chi connectivity index (χ0n) is 26.8. The van der Waals surface area contributed by atoms with E-state index < -0.39 is 38.5 Å². The number of aryl methyl sites for hydroxylation is 3. The number of anilines is 1. The van der Waals surface area contributed by atoms with Crippen LogP contribution in [-0.2, 0) is 52.1 Å². The van der Waals surface area contributed by atoms with Gasteiger partial charge in [0.1, 0.15) is 5.82 Å². The second-order valence-electron chi connectivity index (χ2n) is 11.0. The van der Waals surface area contributed by atoms with Crippen molar-refractivity contribution in [2.75, 3.05) is 51.3 Å². The van der Waals surface area contributed by atoms with E-state index in [0.717, 1.165) is 18.4 Å². The molecule has 0 atom stereocenters. The first-order valence-electron chi connectivity index (χ1n) is 15.6. The summed E-state index contributed by atoms with van der Waals surface area (Å²) in [7, 11) is -7.41. The summed E-state index contributed by atoms with van der Waals surface area (Å²) >= 11 is 0. The van der Waals surface area contributed by atoms with E-state index in [1.165, 1.54) is 20.7 Å². The average Bonchev–Trinajstić information content (AvgIpc) is 3.40. The van der Waals surface area contributed by atoms with Crippen molar-refractivity contribution in [2.24, 2.45) is 0 Å². The van der Waals surface area contributed by atoms with Gasteiger partial charge in [-0.25, -0.2) is 21.8 Å². The number of carbonyl (C=O) groups excluding carboxylic acids is 2. The van der Waals surface area contributed by atoms with Gasteiger partial charge in [-0.3, -0.25) is 9.59 Å². The Morgan fingerprint density at radius 2 is 1.70 bits per heavy atom. The van der Waals surface area contributed by atoms with Crippen molar-refractivity contribution in [3.63, 3.8) is 0 Å². The minimum absolute atomic E-state index is 0.0434. The number of benzene rings is 2. The van der Waals surface area contributed by atoms with Crippen molar-refractivity contribution in [1.82, 2.24) is 18.2 Å². The number of aromatic nitrogens is 2. The Labute approximate surface area is 271 Å². The van der Waals surface area contributed by atoms with Crippen molar-refractivity contribution in [2.45, 2.75) is 69.7 Å². The zero-order valence-corrected chi connectivity index (χ0v) is 28.5. The maximum Gasteiger partial charge on any atom is 0.306 e. The molecule has 2 aromatic carbocycles. The Morgan fingerprint density at radius 3 is 2.37 bits per heavy atom. The van der Waals surface area contributed by atoms with Crippen LogP contribution in [0.25, 0.3) is 11.0 Å². The van der Waals surface area contributed by atoms with Gasteiger partial charge in [-0.15, -0.1) is 0 Å². The monoisotopic (exact) mass is 677 g/mol. The van der Waals surface area contributed by atoms with Crippen LogP contribution in [-0.4, -0.2) is 92.9 Å². The molecule has 0 spiro atoms.